The van der Waals surface area contributed by atoms with E-state index in [-0.39, 0.29) is 34.9 Å². The van der Waals surface area contributed by atoms with Crippen LogP contribution in [0.3, 0.4) is 0 Å². The van der Waals surface area contributed by atoms with E-state index in [0.29, 0.717) is 22.0 Å². The van der Waals surface area contributed by atoms with Gasteiger partial charge in [-0.2, -0.15) is 23.4 Å². The van der Waals surface area contributed by atoms with E-state index in [4.69, 9.17) is 10.5 Å². The van der Waals surface area contributed by atoms with Crippen molar-refractivity contribution < 1.29 is 27.1 Å². The molecule has 38 heavy (non-hydrogen) atoms. The summed E-state index contributed by atoms with van der Waals surface area (Å²) in [4.78, 5) is 23.1. The molecule has 1 aromatic carbocycles. The summed E-state index contributed by atoms with van der Waals surface area (Å²) in [5, 5.41) is 9.29. The molecule has 0 spiro atoms. The van der Waals surface area contributed by atoms with Crippen LogP contribution in [0.1, 0.15) is 27.7 Å². The number of ether oxygens (including phenoxy) is 1. The number of fused-ring (bicyclic) bond motifs is 4. The normalized spacial score (nSPS) is 15.2. The maximum atomic E-state index is 15.4. The second-order valence-corrected chi connectivity index (χ2v) is 8.84. The number of anilines is 2. The number of carbonyl (C=O) groups is 1. The lowest BCUT2D eigenvalue weighted by atomic mass is 10.0. The van der Waals surface area contributed by atoms with Gasteiger partial charge in [-0.25, -0.2) is 14.4 Å². The number of halogens is 4. The second-order valence-electron chi connectivity index (χ2n) is 8.84. The van der Waals surface area contributed by atoms with Crippen LogP contribution in [0.4, 0.5) is 29.1 Å². The van der Waals surface area contributed by atoms with Crippen molar-refractivity contribution in [3.05, 3.63) is 65.5 Å². The van der Waals surface area contributed by atoms with E-state index in [0.717, 1.165) is 12.1 Å². The minimum Gasteiger partial charge on any atom is -0.475 e. The molecule has 1 aliphatic heterocycles. The molecule has 1 unspecified atom stereocenters. The molecule has 14 heteroatoms. The van der Waals surface area contributed by atoms with Gasteiger partial charge < -0.3 is 10.5 Å². The largest absolute Gasteiger partial charge is 0.475 e. The summed E-state index contributed by atoms with van der Waals surface area (Å²) in [5.41, 5.74) is 5.94. The molecule has 2 N–H and O–H groups in total. The standard InChI is InChI=1S/C24H18F4N8O2/c1-34-9-11(7-30-34)36(18-10-38-22-12(18)3-4-19(33-22)24(26,27)28)23(37)13-5-14-17(6-16(13)25)32-21(29)15-8-31-35(2)20(14)15/h3-9,18H,10H2,1-2H3,(H2,29,32). The van der Waals surface area contributed by atoms with E-state index in [9.17, 15) is 18.0 Å². The third-order valence-corrected chi connectivity index (χ3v) is 6.44. The number of hydrogen-bond donors (Lipinski definition) is 1. The number of carbonyl (C=O) groups excluding carboxylic acids is 1. The zero-order valence-electron chi connectivity index (χ0n) is 19.9. The lowest BCUT2D eigenvalue weighted by Crippen LogP contribution is -2.36. The summed E-state index contributed by atoms with van der Waals surface area (Å²) >= 11 is 0. The average molecular weight is 526 g/mol. The topological polar surface area (TPSA) is 117 Å². The van der Waals surface area contributed by atoms with E-state index in [1.807, 2.05) is 0 Å². The summed E-state index contributed by atoms with van der Waals surface area (Å²) in [7, 11) is 3.32. The zero-order chi connectivity index (χ0) is 26.9. The molecule has 1 atom stereocenters. The van der Waals surface area contributed by atoms with Crippen LogP contribution in [-0.4, -0.2) is 42.0 Å². The van der Waals surface area contributed by atoms with Crippen molar-refractivity contribution in [1.29, 1.82) is 0 Å². The summed E-state index contributed by atoms with van der Waals surface area (Å²) in [5.74, 6) is -1.69. The molecule has 1 aliphatic rings. The Morgan fingerprint density at radius 1 is 1.13 bits per heavy atom. The first-order valence-electron chi connectivity index (χ1n) is 11.3. The highest BCUT2D eigenvalue weighted by Gasteiger charge is 2.40. The van der Waals surface area contributed by atoms with Gasteiger partial charge in [0.2, 0.25) is 5.88 Å². The Balaban J connectivity index is 1.50. The van der Waals surface area contributed by atoms with Crippen LogP contribution in [0, 0.1) is 5.82 Å². The number of benzene rings is 1. The van der Waals surface area contributed by atoms with Gasteiger partial charge in [-0.05, 0) is 18.2 Å². The van der Waals surface area contributed by atoms with Crippen molar-refractivity contribution in [3.63, 3.8) is 0 Å². The second kappa shape index (κ2) is 8.13. The fraction of sp³-hybridized carbons (Fsp3) is 0.208. The molecule has 5 aromatic rings. The minimum absolute atomic E-state index is 0.168. The number of nitrogen functional groups attached to an aromatic ring is 1. The fourth-order valence-electron chi connectivity index (χ4n) is 4.68. The number of aryl methyl sites for hydroxylation is 2. The van der Waals surface area contributed by atoms with Gasteiger partial charge in [0.15, 0.2) is 0 Å². The lowest BCUT2D eigenvalue weighted by Gasteiger charge is -2.27. The summed E-state index contributed by atoms with van der Waals surface area (Å²) in [6, 6.07) is 3.62. The first-order valence-corrected chi connectivity index (χ1v) is 11.3. The van der Waals surface area contributed by atoms with E-state index in [1.165, 1.54) is 40.3 Å². The number of hydrogen-bond acceptors (Lipinski definition) is 7. The van der Waals surface area contributed by atoms with E-state index in [2.05, 4.69) is 20.2 Å². The number of nitrogens with two attached hydrogens (primary N) is 1. The van der Waals surface area contributed by atoms with E-state index >= 15 is 4.39 Å². The third kappa shape index (κ3) is 3.59. The molecular weight excluding hydrogens is 508 g/mol. The van der Waals surface area contributed by atoms with Crippen LogP contribution in [0.25, 0.3) is 21.8 Å². The Morgan fingerprint density at radius 3 is 2.63 bits per heavy atom. The van der Waals surface area contributed by atoms with Crippen LogP contribution >= 0.6 is 0 Å². The molecule has 194 valence electrons. The molecule has 5 heterocycles. The smallest absolute Gasteiger partial charge is 0.433 e. The fourth-order valence-corrected chi connectivity index (χ4v) is 4.68. The molecule has 0 aliphatic carbocycles. The number of rotatable bonds is 3. The summed E-state index contributed by atoms with van der Waals surface area (Å²) in [6.45, 7) is -0.191. The zero-order valence-corrected chi connectivity index (χ0v) is 19.9. The van der Waals surface area contributed by atoms with Gasteiger partial charge in [-0.1, -0.05) is 0 Å². The van der Waals surface area contributed by atoms with Crippen LogP contribution < -0.4 is 15.4 Å². The van der Waals surface area contributed by atoms with Gasteiger partial charge >= 0.3 is 6.18 Å². The Bertz CT molecular complexity index is 1760. The molecule has 10 nitrogen and oxygen atoms in total. The molecule has 0 radical (unpaired) electrons. The minimum atomic E-state index is -4.67. The van der Waals surface area contributed by atoms with Gasteiger partial charge in [-0.15, -0.1) is 0 Å². The Kier molecular flexibility index (Phi) is 5.06. The Hall–Kier alpha value is -4.75. The summed E-state index contributed by atoms with van der Waals surface area (Å²) < 4.78 is 63.4. The predicted octanol–water partition coefficient (Wildman–Crippen LogP) is 3.77. The van der Waals surface area contributed by atoms with Gasteiger partial charge in [0.25, 0.3) is 5.91 Å². The molecule has 0 bridgehead atoms. The van der Waals surface area contributed by atoms with Crippen molar-refractivity contribution in [2.24, 2.45) is 14.1 Å². The number of nitrogens with zero attached hydrogens (tertiary/aromatic N) is 7. The Labute approximate surface area is 211 Å². The maximum Gasteiger partial charge on any atom is 0.433 e. The van der Waals surface area contributed by atoms with Crippen molar-refractivity contribution in [2.45, 2.75) is 12.2 Å². The number of amides is 1. The lowest BCUT2D eigenvalue weighted by molar-refractivity contribution is -0.141. The molecule has 0 saturated heterocycles. The first kappa shape index (κ1) is 23.6. The maximum absolute atomic E-state index is 15.4. The van der Waals surface area contributed by atoms with Crippen molar-refractivity contribution in [2.75, 3.05) is 17.2 Å². The molecule has 1 amide bonds. The first-order chi connectivity index (χ1) is 18.0. The molecular formula is C24H18F4N8O2. The van der Waals surface area contributed by atoms with E-state index < -0.39 is 29.6 Å². The van der Waals surface area contributed by atoms with Crippen LogP contribution in [0.5, 0.6) is 5.88 Å². The number of pyridine rings is 2. The summed E-state index contributed by atoms with van der Waals surface area (Å²) in [6.07, 6.45) is -0.209. The highest BCUT2D eigenvalue weighted by Crippen LogP contribution is 2.41. The molecule has 4 aromatic heterocycles. The van der Waals surface area contributed by atoms with E-state index in [1.54, 1.807) is 18.8 Å². The highest BCUT2D eigenvalue weighted by molar-refractivity contribution is 6.13. The van der Waals surface area contributed by atoms with Crippen molar-refractivity contribution in [3.8, 4) is 5.88 Å². The number of alkyl halides is 3. The predicted molar refractivity (Wildman–Crippen MR) is 128 cm³/mol. The van der Waals surface area contributed by atoms with Gasteiger partial charge in [-0.3, -0.25) is 19.1 Å². The third-order valence-electron chi connectivity index (χ3n) is 6.44. The number of aromatic nitrogens is 6. The van der Waals surface area contributed by atoms with Gasteiger partial charge in [0, 0.05) is 37.3 Å². The average Bonchev–Trinajstić information content (AvgIpc) is 3.58. The molecule has 6 rings (SSSR count). The SMILES string of the molecule is Cn1cc(N(C(=O)c2cc3c(cc2F)nc(N)c2cnn(C)c23)C2COc3nc(C(F)(F)F)ccc32)cn1. The van der Waals surface area contributed by atoms with Crippen molar-refractivity contribution >= 4 is 39.2 Å². The molecule has 0 saturated carbocycles. The van der Waals surface area contributed by atoms with Gasteiger partial charge in [0.05, 0.1) is 40.1 Å². The van der Waals surface area contributed by atoms with Gasteiger partial charge in [0.1, 0.15) is 30.0 Å². The van der Waals surface area contributed by atoms with Crippen LogP contribution in [0.2, 0.25) is 0 Å². The monoisotopic (exact) mass is 526 g/mol. The van der Waals surface area contributed by atoms with Crippen LogP contribution in [-0.2, 0) is 20.3 Å². The quantitative estimate of drug-likeness (QED) is 0.356. The molecule has 0 fully saturated rings. The van der Waals surface area contributed by atoms with Crippen LogP contribution in [0.15, 0.2) is 42.9 Å². The highest BCUT2D eigenvalue weighted by atomic mass is 19.4. The van der Waals surface area contributed by atoms with Crippen molar-refractivity contribution in [1.82, 2.24) is 29.5 Å². The Morgan fingerprint density at radius 2 is 1.92 bits per heavy atom.